The van der Waals surface area contributed by atoms with Gasteiger partial charge in [0.2, 0.25) is 5.91 Å². The van der Waals surface area contributed by atoms with Crippen LogP contribution in [0.25, 0.3) is 0 Å². The van der Waals surface area contributed by atoms with Gasteiger partial charge in [-0.3, -0.25) is 9.69 Å². The molecule has 1 rings (SSSR count). The van der Waals surface area contributed by atoms with Crippen molar-refractivity contribution in [3.05, 3.63) is 28.7 Å². The van der Waals surface area contributed by atoms with E-state index < -0.39 is 0 Å². The lowest BCUT2D eigenvalue weighted by molar-refractivity contribution is -0.131. The van der Waals surface area contributed by atoms with Gasteiger partial charge in [-0.05, 0) is 44.3 Å². The predicted molar refractivity (Wildman–Crippen MR) is 89.7 cm³/mol. The number of hydrogen-bond donors (Lipinski definition) is 0. The first-order valence-electron chi connectivity index (χ1n) is 7.33. The van der Waals surface area contributed by atoms with E-state index in [1.807, 2.05) is 38.4 Å². The van der Waals surface area contributed by atoms with Crippen molar-refractivity contribution in [2.75, 3.05) is 40.3 Å². The van der Waals surface area contributed by atoms with Crippen LogP contribution in [0.1, 0.15) is 19.8 Å². The zero-order valence-corrected chi connectivity index (χ0v) is 14.7. The Morgan fingerprint density at radius 1 is 1.19 bits per heavy atom. The van der Waals surface area contributed by atoms with Gasteiger partial charge in [0.05, 0.1) is 13.1 Å². The number of amides is 1. The fourth-order valence-corrected chi connectivity index (χ4v) is 2.08. The molecule has 0 saturated heterocycles. The van der Waals surface area contributed by atoms with Gasteiger partial charge in [0.15, 0.2) is 0 Å². The minimum absolute atomic E-state index is 0.132. The Morgan fingerprint density at radius 2 is 1.86 bits per heavy atom. The van der Waals surface area contributed by atoms with E-state index in [0.717, 1.165) is 29.6 Å². The van der Waals surface area contributed by atoms with Crippen molar-refractivity contribution >= 4 is 21.8 Å². The highest BCUT2D eigenvalue weighted by atomic mass is 79.9. The number of hydrogen-bond acceptors (Lipinski definition) is 3. The first kappa shape index (κ1) is 18.0. The number of likely N-dealkylation sites (N-methyl/N-ethyl adjacent to an activating group) is 2. The number of rotatable bonds is 9. The van der Waals surface area contributed by atoms with Crippen LogP contribution in [0.15, 0.2) is 28.7 Å². The molecule has 0 atom stereocenters. The molecule has 0 bridgehead atoms. The Kier molecular flexibility index (Phi) is 8.38. The molecular formula is C16H25BrN2O2. The van der Waals surface area contributed by atoms with Crippen molar-refractivity contribution in [3.63, 3.8) is 0 Å². The zero-order valence-electron chi connectivity index (χ0n) is 13.1. The normalized spacial score (nSPS) is 10.7. The summed E-state index contributed by atoms with van der Waals surface area (Å²) in [5.41, 5.74) is 0. The van der Waals surface area contributed by atoms with Crippen LogP contribution in [0.3, 0.4) is 0 Å². The molecule has 0 aliphatic heterocycles. The number of benzene rings is 1. The molecule has 4 nitrogen and oxygen atoms in total. The SMILES string of the molecule is CCCCN(C)CC(=O)N(C)CCOc1ccc(Br)cc1. The number of carbonyl (C=O) groups is 1. The molecule has 0 aromatic heterocycles. The molecule has 1 aromatic rings. The lowest BCUT2D eigenvalue weighted by atomic mass is 10.3. The maximum atomic E-state index is 12.0. The quantitative estimate of drug-likeness (QED) is 0.681. The van der Waals surface area contributed by atoms with Gasteiger partial charge >= 0.3 is 0 Å². The summed E-state index contributed by atoms with van der Waals surface area (Å²) in [4.78, 5) is 15.8. The third kappa shape index (κ3) is 7.48. The summed E-state index contributed by atoms with van der Waals surface area (Å²) < 4.78 is 6.65. The van der Waals surface area contributed by atoms with Crippen LogP contribution in [0, 0.1) is 0 Å². The number of ether oxygens (including phenoxy) is 1. The second-order valence-electron chi connectivity index (χ2n) is 5.21. The summed E-state index contributed by atoms with van der Waals surface area (Å²) in [5, 5.41) is 0. The third-order valence-corrected chi connectivity index (χ3v) is 3.76. The molecular weight excluding hydrogens is 332 g/mol. The van der Waals surface area contributed by atoms with Crippen LogP contribution in [0.4, 0.5) is 0 Å². The molecule has 1 aromatic carbocycles. The highest BCUT2D eigenvalue weighted by Gasteiger charge is 2.11. The summed E-state index contributed by atoms with van der Waals surface area (Å²) >= 11 is 3.38. The number of nitrogens with zero attached hydrogens (tertiary/aromatic N) is 2. The first-order valence-corrected chi connectivity index (χ1v) is 8.13. The van der Waals surface area contributed by atoms with Crippen molar-refractivity contribution in [2.24, 2.45) is 0 Å². The Balaban J connectivity index is 2.24. The predicted octanol–water partition coefficient (Wildman–Crippen LogP) is 3.02. The van der Waals surface area contributed by atoms with Crippen molar-refractivity contribution in [1.82, 2.24) is 9.80 Å². The molecule has 5 heteroatoms. The Hall–Kier alpha value is -1.07. The van der Waals surface area contributed by atoms with E-state index >= 15 is 0 Å². The van der Waals surface area contributed by atoms with Gasteiger partial charge in [-0.1, -0.05) is 29.3 Å². The monoisotopic (exact) mass is 356 g/mol. The van der Waals surface area contributed by atoms with E-state index in [4.69, 9.17) is 4.74 Å². The standard InChI is InChI=1S/C16H25BrN2O2/c1-4-5-10-18(2)13-16(20)19(3)11-12-21-15-8-6-14(17)7-9-15/h6-9H,4-5,10-13H2,1-3H3. The molecule has 0 fully saturated rings. The van der Waals surface area contributed by atoms with Gasteiger partial charge in [-0.15, -0.1) is 0 Å². The average molecular weight is 357 g/mol. The van der Waals surface area contributed by atoms with E-state index in [2.05, 4.69) is 27.8 Å². The fraction of sp³-hybridized carbons (Fsp3) is 0.562. The van der Waals surface area contributed by atoms with E-state index in [-0.39, 0.29) is 5.91 Å². The molecule has 21 heavy (non-hydrogen) atoms. The minimum atomic E-state index is 0.132. The van der Waals surface area contributed by atoms with Gasteiger partial charge in [0.1, 0.15) is 12.4 Å². The molecule has 0 saturated carbocycles. The summed E-state index contributed by atoms with van der Waals surface area (Å²) in [6.45, 7) is 4.68. The van der Waals surface area contributed by atoms with E-state index in [1.54, 1.807) is 4.90 Å². The largest absolute Gasteiger partial charge is 0.492 e. The highest BCUT2D eigenvalue weighted by Crippen LogP contribution is 2.15. The molecule has 0 unspecified atom stereocenters. The lowest BCUT2D eigenvalue weighted by Crippen LogP contribution is -2.38. The number of halogens is 1. The summed E-state index contributed by atoms with van der Waals surface area (Å²) in [6.07, 6.45) is 2.27. The summed E-state index contributed by atoms with van der Waals surface area (Å²) in [6, 6.07) is 7.69. The van der Waals surface area contributed by atoms with Crippen LogP contribution < -0.4 is 4.74 Å². The first-order chi connectivity index (χ1) is 10.0. The Bertz CT molecular complexity index is 423. The molecule has 1 amide bonds. The van der Waals surface area contributed by atoms with Gasteiger partial charge in [-0.2, -0.15) is 0 Å². The summed E-state index contributed by atoms with van der Waals surface area (Å²) in [7, 11) is 3.81. The molecule has 0 radical (unpaired) electrons. The van der Waals surface area contributed by atoms with Crippen LogP contribution in [0.5, 0.6) is 5.75 Å². The smallest absolute Gasteiger partial charge is 0.236 e. The van der Waals surface area contributed by atoms with Gasteiger partial charge in [-0.25, -0.2) is 0 Å². The second kappa shape index (κ2) is 9.79. The van der Waals surface area contributed by atoms with Gasteiger partial charge in [0.25, 0.3) is 0 Å². The van der Waals surface area contributed by atoms with Crippen molar-refractivity contribution in [3.8, 4) is 5.75 Å². The lowest BCUT2D eigenvalue weighted by Gasteiger charge is -2.21. The van der Waals surface area contributed by atoms with E-state index in [1.165, 1.54) is 0 Å². The fourth-order valence-electron chi connectivity index (χ4n) is 1.81. The van der Waals surface area contributed by atoms with Crippen LogP contribution in [-0.4, -0.2) is 56.0 Å². The maximum Gasteiger partial charge on any atom is 0.236 e. The molecule has 118 valence electrons. The van der Waals surface area contributed by atoms with E-state index in [9.17, 15) is 4.79 Å². The van der Waals surface area contributed by atoms with E-state index in [0.29, 0.717) is 19.7 Å². The Morgan fingerprint density at radius 3 is 2.48 bits per heavy atom. The highest BCUT2D eigenvalue weighted by molar-refractivity contribution is 9.10. The topological polar surface area (TPSA) is 32.8 Å². The van der Waals surface area contributed by atoms with Crippen LogP contribution in [-0.2, 0) is 4.79 Å². The van der Waals surface area contributed by atoms with Crippen LogP contribution >= 0.6 is 15.9 Å². The second-order valence-corrected chi connectivity index (χ2v) is 6.12. The third-order valence-electron chi connectivity index (χ3n) is 3.23. The molecule has 0 heterocycles. The molecule has 0 aliphatic carbocycles. The average Bonchev–Trinajstić information content (AvgIpc) is 2.47. The molecule has 0 spiro atoms. The Labute approximate surface area is 136 Å². The number of unbranched alkanes of at least 4 members (excludes halogenated alkanes) is 1. The number of carbonyl (C=O) groups excluding carboxylic acids is 1. The van der Waals surface area contributed by atoms with Crippen molar-refractivity contribution in [2.45, 2.75) is 19.8 Å². The van der Waals surface area contributed by atoms with Crippen LogP contribution in [0.2, 0.25) is 0 Å². The van der Waals surface area contributed by atoms with Gasteiger partial charge in [0, 0.05) is 11.5 Å². The van der Waals surface area contributed by atoms with Crippen molar-refractivity contribution < 1.29 is 9.53 Å². The summed E-state index contributed by atoms with van der Waals surface area (Å²) in [5.74, 6) is 0.951. The van der Waals surface area contributed by atoms with Crippen molar-refractivity contribution in [1.29, 1.82) is 0 Å². The molecule has 0 N–H and O–H groups in total. The zero-order chi connectivity index (χ0) is 15.7. The maximum absolute atomic E-state index is 12.0. The van der Waals surface area contributed by atoms with Gasteiger partial charge < -0.3 is 9.64 Å². The minimum Gasteiger partial charge on any atom is -0.492 e. The molecule has 0 aliphatic rings.